The molecule has 0 spiro atoms. The van der Waals surface area contributed by atoms with E-state index in [-0.39, 0.29) is 4.90 Å². The van der Waals surface area contributed by atoms with Gasteiger partial charge in [-0.1, -0.05) is 60.7 Å². The second kappa shape index (κ2) is 7.68. The zero-order valence-electron chi connectivity index (χ0n) is 13.4. The number of benzene rings is 3. The van der Waals surface area contributed by atoms with Gasteiger partial charge in [-0.15, -0.1) is 0 Å². The van der Waals surface area contributed by atoms with Gasteiger partial charge in [0.15, 0.2) is 0 Å². The molecule has 0 N–H and O–H groups in total. The average molecular weight is 348 g/mol. The molecule has 0 fully saturated rings. The summed E-state index contributed by atoms with van der Waals surface area (Å²) in [7, 11) is -3.72. The first kappa shape index (κ1) is 16.8. The van der Waals surface area contributed by atoms with Gasteiger partial charge in [-0.05, 0) is 35.4 Å². The maximum Gasteiger partial charge on any atom is 0.282 e. The molecule has 0 aromatic heterocycles. The Morgan fingerprint density at radius 1 is 0.640 bits per heavy atom. The van der Waals surface area contributed by atoms with E-state index in [1.165, 1.54) is 18.3 Å². The molecule has 3 aromatic rings. The first-order chi connectivity index (χ1) is 12.1. The Bertz CT molecular complexity index is 979. The third-order valence-electron chi connectivity index (χ3n) is 3.44. The fraction of sp³-hybridized carbons (Fsp3) is 0. The predicted octanol–water partition coefficient (Wildman–Crippen LogP) is 4.25. The molecule has 0 saturated heterocycles. The normalized spacial score (nSPS) is 12.0. The van der Waals surface area contributed by atoms with Gasteiger partial charge in [0.05, 0.1) is 10.6 Å². The molecule has 0 aliphatic heterocycles. The molecule has 0 heterocycles. The van der Waals surface area contributed by atoms with Crippen molar-refractivity contribution in [3.8, 4) is 0 Å². The zero-order chi connectivity index (χ0) is 17.5. The van der Waals surface area contributed by atoms with Crippen molar-refractivity contribution in [3.63, 3.8) is 0 Å². The minimum absolute atomic E-state index is 0.137. The highest BCUT2D eigenvalue weighted by atomic mass is 32.2. The summed E-state index contributed by atoms with van der Waals surface area (Å²) in [6, 6.07) is 25.1. The van der Waals surface area contributed by atoms with Crippen LogP contribution in [0.15, 0.2) is 99.2 Å². The van der Waals surface area contributed by atoms with Crippen molar-refractivity contribution in [2.45, 2.75) is 4.90 Å². The molecule has 124 valence electrons. The van der Waals surface area contributed by atoms with Gasteiger partial charge in [0, 0.05) is 12.4 Å². The standard InChI is InChI=1S/C20H16N2O2S/c23-25(24,22-16-18-9-5-2-6-10-18)20-13-11-19(12-14-20)21-15-17-7-3-1-4-8-17/h1-16H. The van der Waals surface area contributed by atoms with Crippen molar-refractivity contribution in [2.24, 2.45) is 9.39 Å². The van der Waals surface area contributed by atoms with E-state index in [1.807, 2.05) is 48.5 Å². The summed E-state index contributed by atoms with van der Waals surface area (Å²) in [5.41, 5.74) is 2.39. The van der Waals surface area contributed by atoms with Gasteiger partial charge >= 0.3 is 0 Å². The van der Waals surface area contributed by atoms with E-state index in [0.29, 0.717) is 5.69 Å². The topological polar surface area (TPSA) is 58.9 Å². The molecular formula is C20H16N2O2S. The van der Waals surface area contributed by atoms with Crippen LogP contribution in [0, 0.1) is 0 Å². The molecule has 4 nitrogen and oxygen atoms in total. The fourth-order valence-corrected chi connectivity index (χ4v) is 2.98. The van der Waals surface area contributed by atoms with E-state index >= 15 is 0 Å². The predicted molar refractivity (Wildman–Crippen MR) is 101 cm³/mol. The summed E-state index contributed by atoms with van der Waals surface area (Å²) in [4.78, 5) is 4.47. The van der Waals surface area contributed by atoms with Gasteiger partial charge in [-0.3, -0.25) is 4.99 Å². The van der Waals surface area contributed by atoms with Crippen molar-refractivity contribution in [3.05, 3.63) is 96.1 Å². The smallest absolute Gasteiger partial charge is 0.256 e. The van der Waals surface area contributed by atoms with E-state index < -0.39 is 10.0 Å². The number of rotatable bonds is 5. The Morgan fingerprint density at radius 3 is 1.72 bits per heavy atom. The Kier molecular flexibility index (Phi) is 5.16. The number of hydrogen-bond acceptors (Lipinski definition) is 3. The largest absolute Gasteiger partial charge is 0.282 e. The quantitative estimate of drug-likeness (QED) is 0.647. The van der Waals surface area contributed by atoms with Crippen LogP contribution in [0.4, 0.5) is 5.69 Å². The Balaban J connectivity index is 1.75. The molecular weight excluding hydrogens is 332 g/mol. The number of aliphatic imine (C=N–C) groups is 1. The van der Waals surface area contributed by atoms with Gasteiger partial charge < -0.3 is 0 Å². The van der Waals surface area contributed by atoms with Crippen LogP contribution in [0.3, 0.4) is 0 Å². The SMILES string of the molecule is O=S(=O)(N=Cc1ccccc1)c1ccc(N=Cc2ccccc2)cc1. The Hall–Kier alpha value is -3.05. The first-order valence-electron chi connectivity index (χ1n) is 7.68. The molecule has 0 aliphatic rings. The molecule has 5 heteroatoms. The van der Waals surface area contributed by atoms with Crippen LogP contribution < -0.4 is 0 Å². The van der Waals surface area contributed by atoms with E-state index in [4.69, 9.17) is 0 Å². The van der Waals surface area contributed by atoms with Crippen molar-refractivity contribution >= 4 is 28.1 Å². The van der Waals surface area contributed by atoms with Crippen LogP contribution in [0.1, 0.15) is 11.1 Å². The van der Waals surface area contributed by atoms with Crippen LogP contribution in [0.25, 0.3) is 0 Å². The molecule has 3 aromatic carbocycles. The zero-order valence-corrected chi connectivity index (χ0v) is 14.2. The Morgan fingerprint density at radius 2 is 1.16 bits per heavy atom. The molecule has 3 rings (SSSR count). The highest BCUT2D eigenvalue weighted by Gasteiger charge is 2.11. The molecule has 0 saturated carbocycles. The van der Waals surface area contributed by atoms with Crippen LogP contribution in [0.5, 0.6) is 0 Å². The van der Waals surface area contributed by atoms with E-state index in [9.17, 15) is 8.42 Å². The number of sulfonamides is 1. The molecule has 0 atom stereocenters. The average Bonchev–Trinajstić information content (AvgIpc) is 2.67. The van der Waals surface area contributed by atoms with Gasteiger partial charge in [0.1, 0.15) is 0 Å². The summed E-state index contributed by atoms with van der Waals surface area (Å²) < 4.78 is 28.2. The summed E-state index contributed by atoms with van der Waals surface area (Å²) in [5.74, 6) is 0. The van der Waals surface area contributed by atoms with Crippen molar-refractivity contribution < 1.29 is 8.42 Å². The molecule has 0 radical (unpaired) electrons. The van der Waals surface area contributed by atoms with E-state index in [1.54, 1.807) is 30.5 Å². The summed E-state index contributed by atoms with van der Waals surface area (Å²) >= 11 is 0. The van der Waals surface area contributed by atoms with Crippen LogP contribution in [-0.2, 0) is 10.0 Å². The lowest BCUT2D eigenvalue weighted by molar-refractivity contribution is 0.598. The number of nitrogens with zero attached hydrogens (tertiary/aromatic N) is 2. The lowest BCUT2D eigenvalue weighted by Gasteiger charge is -2.00. The Labute approximate surface area is 147 Å². The molecule has 25 heavy (non-hydrogen) atoms. The maximum atomic E-state index is 12.3. The van der Waals surface area contributed by atoms with Gasteiger partial charge in [0.2, 0.25) is 0 Å². The van der Waals surface area contributed by atoms with E-state index in [0.717, 1.165) is 11.1 Å². The van der Waals surface area contributed by atoms with Gasteiger partial charge in [-0.2, -0.15) is 12.8 Å². The van der Waals surface area contributed by atoms with Gasteiger partial charge in [0.25, 0.3) is 10.0 Å². The van der Waals surface area contributed by atoms with Crippen molar-refractivity contribution in [1.82, 2.24) is 0 Å². The molecule has 0 aliphatic carbocycles. The second-order valence-electron chi connectivity index (χ2n) is 5.28. The summed E-state index contributed by atoms with van der Waals surface area (Å²) in [6.45, 7) is 0. The third kappa shape index (κ3) is 4.71. The lowest BCUT2D eigenvalue weighted by atomic mass is 10.2. The molecule has 0 unspecified atom stereocenters. The van der Waals surface area contributed by atoms with Crippen molar-refractivity contribution in [1.29, 1.82) is 0 Å². The highest BCUT2D eigenvalue weighted by Crippen LogP contribution is 2.18. The minimum atomic E-state index is -3.72. The van der Waals surface area contributed by atoms with Crippen LogP contribution in [-0.4, -0.2) is 20.8 Å². The van der Waals surface area contributed by atoms with Crippen LogP contribution >= 0.6 is 0 Å². The van der Waals surface area contributed by atoms with E-state index in [2.05, 4.69) is 9.39 Å². The maximum absolute atomic E-state index is 12.3. The van der Waals surface area contributed by atoms with Crippen LogP contribution in [0.2, 0.25) is 0 Å². The van der Waals surface area contributed by atoms with Gasteiger partial charge in [-0.25, -0.2) is 0 Å². The number of hydrogen-bond donors (Lipinski definition) is 0. The monoisotopic (exact) mass is 348 g/mol. The fourth-order valence-electron chi connectivity index (χ4n) is 2.12. The summed E-state index contributed by atoms with van der Waals surface area (Å²) in [5, 5.41) is 0. The lowest BCUT2D eigenvalue weighted by Crippen LogP contribution is -1.97. The summed E-state index contributed by atoms with van der Waals surface area (Å²) in [6.07, 6.45) is 3.08. The van der Waals surface area contributed by atoms with Crippen molar-refractivity contribution in [2.75, 3.05) is 0 Å². The third-order valence-corrected chi connectivity index (χ3v) is 4.69. The molecule has 0 bridgehead atoms. The molecule has 0 amide bonds. The second-order valence-corrected chi connectivity index (χ2v) is 6.92. The highest BCUT2D eigenvalue weighted by molar-refractivity contribution is 7.90. The minimum Gasteiger partial charge on any atom is -0.256 e. The first-order valence-corrected chi connectivity index (χ1v) is 9.12.